The summed E-state index contributed by atoms with van der Waals surface area (Å²) >= 11 is 1.05. The molecule has 1 saturated heterocycles. The molecule has 2 atom stereocenters. The highest BCUT2D eigenvalue weighted by Gasteiger charge is 2.51. The van der Waals surface area contributed by atoms with Crippen molar-refractivity contribution < 1.29 is 32.1 Å². The second-order valence-electron chi connectivity index (χ2n) is 7.03. The van der Waals surface area contributed by atoms with Gasteiger partial charge >= 0.3 is 10.3 Å². The lowest BCUT2D eigenvalue weighted by atomic mass is 10.0. The largest absolute Gasteiger partial charge is 0.490 e. The lowest BCUT2D eigenvalue weighted by Gasteiger charge is -2.42. The van der Waals surface area contributed by atoms with Crippen LogP contribution < -0.4 is 27.3 Å². The van der Waals surface area contributed by atoms with E-state index >= 15 is 0 Å². The van der Waals surface area contributed by atoms with Gasteiger partial charge in [0.05, 0.1) is 11.7 Å². The van der Waals surface area contributed by atoms with Gasteiger partial charge in [-0.1, -0.05) is 5.16 Å². The Balaban J connectivity index is 1.60. The molecule has 0 bridgehead atoms. The SMILES string of the molecule is C[C@H]1[C@H](NC(=O)C(=NOCCOc2ccc(N=C(N)N)cc2)c2csc(N)n2)C(=O)N1S(=O)(=O)O. The molecular weight excluding hydrogens is 504 g/mol. The number of carbonyl (C=O) groups excluding carboxylic acids is 2. The van der Waals surface area contributed by atoms with E-state index < -0.39 is 34.2 Å². The van der Waals surface area contributed by atoms with E-state index in [4.69, 9.17) is 31.3 Å². The first-order valence-electron chi connectivity index (χ1n) is 9.82. The van der Waals surface area contributed by atoms with E-state index in [0.717, 1.165) is 11.3 Å². The third-order valence-corrected chi connectivity index (χ3v) is 6.23. The number of β-lactam (4-membered cyclic amide) rings is 1. The standard InChI is InChI=1S/C18H22N8O7S2/c1-9-13(16(28)26(9)35(29,30)31)24-15(27)14(12-8-34-18(21)23-12)25-33-7-6-32-11-4-2-10(3-5-11)22-17(19)20/h2-5,8-9,13H,6-7H2,1H3,(H2,21,23)(H,24,27)(H4,19,20,22)(H,29,30,31)/t9-,13-/m0/s1. The van der Waals surface area contributed by atoms with Crippen LogP contribution in [0.2, 0.25) is 0 Å². The topological polar surface area (TPSA) is 238 Å². The first-order valence-corrected chi connectivity index (χ1v) is 12.1. The predicted octanol–water partition coefficient (Wildman–Crippen LogP) is -1.05. The molecule has 1 aromatic carbocycles. The van der Waals surface area contributed by atoms with E-state index in [1.54, 1.807) is 24.3 Å². The number of thiazole rings is 1. The summed E-state index contributed by atoms with van der Waals surface area (Å²) in [6.45, 7) is 1.36. The van der Waals surface area contributed by atoms with Crippen molar-refractivity contribution in [2.45, 2.75) is 19.0 Å². The van der Waals surface area contributed by atoms with Crippen LogP contribution in [0.25, 0.3) is 0 Å². The molecule has 2 heterocycles. The number of amides is 2. The molecule has 35 heavy (non-hydrogen) atoms. The summed E-state index contributed by atoms with van der Waals surface area (Å²) in [5.74, 6) is -1.41. The summed E-state index contributed by atoms with van der Waals surface area (Å²) in [7, 11) is -4.73. The Labute approximate surface area is 203 Å². The maximum absolute atomic E-state index is 12.8. The first-order chi connectivity index (χ1) is 16.5. The maximum atomic E-state index is 12.8. The average molecular weight is 527 g/mol. The molecule has 3 rings (SSSR count). The Morgan fingerprint density at radius 2 is 1.97 bits per heavy atom. The molecule has 1 aliphatic rings. The van der Waals surface area contributed by atoms with Gasteiger partial charge in [0, 0.05) is 5.38 Å². The number of hydrogen-bond donors (Lipinski definition) is 5. The number of aromatic nitrogens is 1. The van der Waals surface area contributed by atoms with Gasteiger partial charge in [-0.3, -0.25) is 14.1 Å². The lowest BCUT2D eigenvalue weighted by Crippen LogP contribution is -2.71. The van der Waals surface area contributed by atoms with Gasteiger partial charge in [-0.25, -0.2) is 14.3 Å². The average Bonchev–Trinajstić information content (AvgIpc) is 3.20. The minimum Gasteiger partial charge on any atom is -0.490 e. The summed E-state index contributed by atoms with van der Waals surface area (Å²) in [6, 6.07) is 4.39. The summed E-state index contributed by atoms with van der Waals surface area (Å²) in [5.41, 5.74) is 16.6. The van der Waals surface area contributed by atoms with Gasteiger partial charge in [-0.05, 0) is 31.2 Å². The molecule has 1 fully saturated rings. The summed E-state index contributed by atoms with van der Waals surface area (Å²) in [6.07, 6.45) is 0. The molecule has 1 aliphatic heterocycles. The zero-order valence-electron chi connectivity index (χ0n) is 18.2. The minimum absolute atomic E-state index is 0.0542. The van der Waals surface area contributed by atoms with Gasteiger partial charge in [0.15, 0.2) is 23.4 Å². The number of nitrogens with two attached hydrogens (primary N) is 3. The Kier molecular flexibility index (Phi) is 7.72. The second kappa shape index (κ2) is 10.5. The van der Waals surface area contributed by atoms with E-state index in [0.29, 0.717) is 11.4 Å². The van der Waals surface area contributed by atoms with Crippen molar-refractivity contribution in [3.63, 3.8) is 0 Å². The second-order valence-corrected chi connectivity index (χ2v) is 9.21. The number of nitrogen functional groups attached to an aromatic ring is 1. The quantitative estimate of drug-likeness (QED) is 0.0624. The fourth-order valence-corrected chi connectivity index (χ4v) is 4.42. The zero-order valence-corrected chi connectivity index (χ0v) is 19.8. The molecule has 0 radical (unpaired) electrons. The van der Waals surface area contributed by atoms with Gasteiger partial charge < -0.3 is 32.1 Å². The molecule has 8 N–H and O–H groups in total. The highest BCUT2D eigenvalue weighted by atomic mass is 32.2. The van der Waals surface area contributed by atoms with Crippen molar-refractivity contribution in [3.8, 4) is 5.75 Å². The molecule has 188 valence electrons. The van der Waals surface area contributed by atoms with Gasteiger partial charge in [0.25, 0.3) is 11.8 Å². The van der Waals surface area contributed by atoms with E-state index in [2.05, 4.69) is 20.4 Å². The van der Waals surface area contributed by atoms with Crippen LogP contribution in [0.15, 0.2) is 39.8 Å². The van der Waals surface area contributed by atoms with E-state index in [1.807, 2.05) is 0 Å². The third kappa shape index (κ3) is 6.34. The Morgan fingerprint density at radius 3 is 2.51 bits per heavy atom. The Hall–Kier alpha value is -3.96. The van der Waals surface area contributed by atoms with Crippen LogP contribution in [0, 0.1) is 0 Å². The zero-order chi connectivity index (χ0) is 25.8. The first kappa shape index (κ1) is 25.7. The van der Waals surface area contributed by atoms with E-state index in [-0.39, 0.29) is 40.0 Å². The van der Waals surface area contributed by atoms with Crippen LogP contribution in [0.1, 0.15) is 12.6 Å². The number of nitrogens with one attached hydrogen (secondary N) is 1. The highest BCUT2D eigenvalue weighted by Crippen LogP contribution is 2.23. The van der Waals surface area contributed by atoms with Gasteiger partial charge in [-0.2, -0.15) is 8.42 Å². The molecule has 0 saturated carbocycles. The maximum Gasteiger partial charge on any atom is 0.362 e. The molecular formula is C18H22N8O7S2. The molecule has 15 nitrogen and oxygen atoms in total. The molecule has 17 heteroatoms. The van der Waals surface area contributed by atoms with Crippen molar-refractivity contribution >= 4 is 55.9 Å². The number of rotatable bonds is 10. The number of hydrogen-bond acceptors (Lipinski definition) is 11. The summed E-state index contributed by atoms with van der Waals surface area (Å²) in [4.78, 5) is 37.9. The van der Waals surface area contributed by atoms with E-state index in [1.165, 1.54) is 12.3 Å². The van der Waals surface area contributed by atoms with Crippen LogP contribution in [-0.2, 0) is 24.7 Å². The lowest BCUT2D eigenvalue weighted by molar-refractivity contribution is -0.143. The fourth-order valence-electron chi connectivity index (χ4n) is 2.99. The Bertz CT molecular complexity index is 1260. The van der Waals surface area contributed by atoms with Gasteiger partial charge in [0.1, 0.15) is 24.1 Å². The molecule has 0 spiro atoms. The molecule has 0 aliphatic carbocycles. The van der Waals surface area contributed by atoms with Crippen LogP contribution in [0.4, 0.5) is 10.8 Å². The van der Waals surface area contributed by atoms with Crippen LogP contribution in [-0.4, -0.2) is 71.0 Å². The number of anilines is 1. The monoisotopic (exact) mass is 526 g/mol. The number of aliphatic imine (C=N–C) groups is 1. The van der Waals surface area contributed by atoms with Crippen molar-refractivity contribution in [2.75, 3.05) is 18.9 Å². The van der Waals surface area contributed by atoms with Crippen molar-refractivity contribution in [2.24, 2.45) is 21.6 Å². The van der Waals surface area contributed by atoms with Crippen LogP contribution in [0.5, 0.6) is 5.75 Å². The van der Waals surface area contributed by atoms with Crippen molar-refractivity contribution in [3.05, 3.63) is 35.3 Å². The normalized spacial score (nSPS) is 17.9. The number of oxime groups is 1. The molecule has 2 amide bonds. The highest BCUT2D eigenvalue weighted by molar-refractivity contribution is 7.84. The number of ether oxygens (including phenoxy) is 1. The summed E-state index contributed by atoms with van der Waals surface area (Å²) < 4.78 is 37.3. The summed E-state index contributed by atoms with van der Waals surface area (Å²) in [5, 5.41) is 7.77. The van der Waals surface area contributed by atoms with Crippen molar-refractivity contribution in [1.82, 2.24) is 14.6 Å². The molecule has 1 aromatic heterocycles. The number of guanidine groups is 1. The van der Waals surface area contributed by atoms with Crippen LogP contribution >= 0.6 is 11.3 Å². The number of carbonyl (C=O) groups is 2. The third-order valence-electron chi connectivity index (χ3n) is 4.54. The molecule has 0 unspecified atom stereocenters. The van der Waals surface area contributed by atoms with Gasteiger partial charge in [0.2, 0.25) is 0 Å². The molecule has 2 aromatic rings. The predicted molar refractivity (Wildman–Crippen MR) is 126 cm³/mol. The Morgan fingerprint density at radius 1 is 1.29 bits per heavy atom. The number of benzene rings is 1. The van der Waals surface area contributed by atoms with E-state index in [9.17, 15) is 18.0 Å². The smallest absolute Gasteiger partial charge is 0.362 e. The van der Waals surface area contributed by atoms with Crippen LogP contribution in [0.3, 0.4) is 0 Å². The number of nitrogens with zero attached hydrogens (tertiary/aromatic N) is 4. The van der Waals surface area contributed by atoms with Gasteiger partial charge in [-0.15, -0.1) is 11.3 Å². The van der Waals surface area contributed by atoms with Crippen molar-refractivity contribution in [1.29, 1.82) is 0 Å². The fraction of sp³-hybridized carbons (Fsp3) is 0.278. The minimum atomic E-state index is -4.73.